The predicted octanol–water partition coefficient (Wildman–Crippen LogP) is 3.67. The molecule has 2 rings (SSSR count). The van der Waals surface area contributed by atoms with Gasteiger partial charge >= 0.3 is 0 Å². The Morgan fingerprint density at radius 2 is 1.88 bits per heavy atom. The van der Waals surface area contributed by atoms with E-state index in [0.29, 0.717) is 17.9 Å². The van der Waals surface area contributed by atoms with Gasteiger partial charge in [-0.25, -0.2) is 4.39 Å². The second kappa shape index (κ2) is 5.06. The Morgan fingerprint density at radius 3 is 2.65 bits per heavy atom. The largest absolute Gasteiger partial charge is 0.398 e. The van der Waals surface area contributed by atoms with E-state index in [1.165, 1.54) is 6.07 Å². The molecule has 0 aliphatic heterocycles. The third kappa shape index (κ3) is 2.68. The topological polar surface area (TPSA) is 38.0 Å². The van der Waals surface area contributed by atoms with Crippen molar-refractivity contribution >= 4 is 23.0 Å². The summed E-state index contributed by atoms with van der Waals surface area (Å²) >= 11 is 5.69. The standard InChI is InChI=1S/C13H12ClFN2/c14-10-5-3-7-12(13(10)15)17-8-9-4-1-2-6-11(9)16/h1-7,17H,8,16H2. The fourth-order valence-electron chi connectivity index (χ4n) is 1.53. The number of nitrogens with one attached hydrogen (secondary N) is 1. The first kappa shape index (κ1) is 11.7. The molecule has 0 radical (unpaired) electrons. The van der Waals surface area contributed by atoms with Crippen molar-refractivity contribution in [2.75, 3.05) is 11.1 Å². The van der Waals surface area contributed by atoms with Crippen LogP contribution >= 0.6 is 11.6 Å². The Bertz CT molecular complexity index is 529. The Labute approximate surface area is 104 Å². The molecule has 0 saturated carbocycles. The molecule has 2 aromatic carbocycles. The number of hydrogen-bond donors (Lipinski definition) is 2. The van der Waals surface area contributed by atoms with Gasteiger partial charge < -0.3 is 11.1 Å². The van der Waals surface area contributed by atoms with Gasteiger partial charge in [0.15, 0.2) is 5.82 Å². The van der Waals surface area contributed by atoms with Crippen LogP contribution in [-0.4, -0.2) is 0 Å². The molecule has 0 heterocycles. The van der Waals surface area contributed by atoms with Crippen molar-refractivity contribution in [2.24, 2.45) is 0 Å². The van der Waals surface area contributed by atoms with Crippen LogP contribution in [0.2, 0.25) is 5.02 Å². The van der Waals surface area contributed by atoms with E-state index in [1.807, 2.05) is 24.3 Å². The third-order valence-corrected chi connectivity index (χ3v) is 2.77. The van der Waals surface area contributed by atoms with Gasteiger partial charge in [0.05, 0.1) is 10.7 Å². The van der Waals surface area contributed by atoms with Crippen LogP contribution in [0.4, 0.5) is 15.8 Å². The summed E-state index contributed by atoms with van der Waals surface area (Å²) in [4.78, 5) is 0. The summed E-state index contributed by atoms with van der Waals surface area (Å²) in [5.74, 6) is -0.441. The van der Waals surface area contributed by atoms with E-state index >= 15 is 0 Å². The summed E-state index contributed by atoms with van der Waals surface area (Å²) < 4.78 is 13.6. The molecule has 0 atom stereocenters. The SMILES string of the molecule is Nc1ccccc1CNc1cccc(Cl)c1F. The number of halogens is 2. The van der Waals surface area contributed by atoms with Gasteiger partial charge in [0.2, 0.25) is 0 Å². The number of para-hydroxylation sites is 1. The van der Waals surface area contributed by atoms with E-state index in [-0.39, 0.29) is 5.02 Å². The molecule has 0 aliphatic carbocycles. The van der Waals surface area contributed by atoms with Crippen LogP contribution in [-0.2, 0) is 6.54 Å². The molecule has 0 saturated heterocycles. The van der Waals surface area contributed by atoms with Gasteiger partial charge in [0, 0.05) is 12.2 Å². The molecular weight excluding hydrogens is 239 g/mol. The summed E-state index contributed by atoms with van der Waals surface area (Å²) in [5.41, 5.74) is 7.77. The zero-order chi connectivity index (χ0) is 12.3. The molecule has 0 aliphatic rings. The van der Waals surface area contributed by atoms with Gasteiger partial charge in [0.1, 0.15) is 0 Å². The summed E-state index contributed by atoms with van der Waals surface area (Å²) in [6.07, 6.45) is 0. The lowest BCUT2D eigenvalue weighted by Gasteiger charge is -2.10. The molecule has 0 amide bonds. The fraction of sp³-hybridized carbons (Fsp3) is 0.0769. The van der Waals surface area contributed by atoms with E-state index in [1.54, 1.807) is 12.1 Å². The molecule has 2 aromatic rings. The van der Waals surface area contributed by atoms with E-state index < -0.39 is 5.82 Å². The third-order valence-electron chi connectivity index (χ3n) is 2.48. The van der Waals surface area contributed by atoms with Crippen molar-refractivity contribution in [1.82, 2.24) is 0 Å². The highest BCUT2D eigenvalue weighted by molar-refractivity contribution is 6.31. The highest BCUT2D eigenvalue weighted by Crippen LogP contribution is 2.23. The van der Waals surface area contributed by atoms with Crippen LogP contribution in [0.25, 0.3) is 0 Å². The quantitative estimate of drug-likeness (QED) is 0.816. The highest BCUT2D eigenvalue weighted by Gasteiger charge is 2.06. The average Bonchev–Trinajstić information content (AvgIpc) is 2.33. The van der Waals surface area contributed by atoms with Crippen molar-refractivity contribution in [3.63, 3.8) is 0 Å². The Hall–Kier alpha value is -1.74. The van der Waals surface area contributed by atoms with Gasteiger partial charge in [-0.15, -0.1) is 0 Å². The monoisotopic (exact) mass is 250 g/mol. The first-order valence-corrected chi connectivity index (χ1v) is 5.57. The van der Waals surface area contributed by atoms with Gasteiger partial charge in [-0.1, -0.05) is 35.9 Å². The molecule has 0 unspecified atom stereocenters. The van der Waals surface area contributed by atoms with Gasteiger partial charge in [0.25, 0.3) is 0 Å². The molecule has 0 aromatic heterocycles. The van der Waals surface area contributed by atoms with Gasteiger partial charge in [-0.3, -0.25) is 0 Å². The van der Waals surface area contributed by atoms with Crippen molar-refractivity contribution in [3.05, 3.63) is 58.9 Å². The first-order chi connectivity index (χ1) is 8.18. The average molecular weight is 251 g/mol. The van der Waals surface area contributed by atoms with Crippen molar-refractivity contribution in [1.29, 1.82) is 0 Å². The number of nitrogen functional groups attached to an aromatic ring is 1. The van der Waals surface area contributed by atoms with Crippen molar-refractivity contribution in [3.8, 4) is 0 Å². The Morgan fingerprint density at radius 1 is 1.12 bits per heavy atom. The highest BCUT2D eigenvalue weighted by atomic mass is 35.5. The maximum atomic E-state index is 13.6. The second-order valence-electron chi connectivity index (χ2n) is 3.65. The lowest BCUT2D eigenvalue weighted by Crippen LogP contribution is -2.04. The molecule has 0 bridgehead atoms. The van der Waals surface area contributed by atoms with Crippen LogP contribution in [0, 0.1) is 5.82 Å². The minimum Gasteiger partial charge on any atom is -0.398 e. The molecular formula is C13H12ClFN2. The van der Waals surface area contributed by atoms with E-state index in [2.05, 4.69) is 5.32 Å². The summed E-state index contributed by atoms with van der Waals surface area (Å²) in [7, 11) is 0. The smallest absolute Gasteiger partial charge is 0.164 e. The Balaban J connectivity index is 2.13. The van der Waals surface area contributed by atoms with E-state index in [4.69, 9.17) is 17.3 Å². The minimum absolute atomic E-state index is 0.107. The van der Waals surface area contributed by atoms with Crippen LogP contribution in [0.15, 0.2) is 42.5 Å². The molecule has 4 heteroatoms. The maximum Gasteiger partial charge on any atom is 0.164 e. The van der Waals surface area contributed by atoms with Gasteiger partial charge in [-0.05, 0) is 23.8 Å². The Kier molecular flexibility index (Phi) is 3.49. The normalized spacial score (nSPS) is 10.2. The first-order valence-electron chi connectivity index (χ1n) is 5.20. The lowest BCUT2D eigenvalue weighted by molar-refractivity contribution is 0.630. The van der Waals surface area contributed by atoms with E-state index in [0.717, 1.165) is 5.56 Å². The molecule has 88 valence electrons. The molecule has 17 heavy (non-hydrogen) atoms. The summed E-state index contributed by atoms with van der Waals surface area (Å²) in [6.45, 7) is 0.462. The van der Waals surface area contributed by atoms with Crippen LogP contribution in [0.3, 0.4) is 0 Å². The molecule has 2 nitrogen and oxygen atoms in total. The zero-order valence-corrected chi connectivity index (χ0v) is 9.84. The summed E-state index contributed by atoms with van der Waals surface area (Å²) in [5, 5.41) is 3.08. The maximum absolute atomic E-state index is 13.6. The van der Waals surface area contributed by atoms with Crippen LogP contribution in [0.1, 0.15) is 5.56 Å². The van der Waals surface area contributed by atoms with Crippen molar-refractivity contribution < 1.29 is 4.39 Å². The van der Waals surface area contributed by atoms with Crippen molar-refractivity contribution in [2.45, 2.75) is 6.54 Å². The number of hydrogen-bond acceptors (Lipinski definition) is 2. The predicted molar refractivity (Wildman–Crippen MR) is 69.6 cm³/mol. The van der Waals surface area contributed by atoms with Crippen LogP contribution in [0.5, 0.6) is 0 Å². The van der Waals surface area contributed by atoms with Crippen LogP contribution < -0.4 is 11.1 Å². The summed E-state index contributed by atoms with van der Waals surface area (Å²) in [6, 6.07) is 12.3. The minimum atomic E-state index is -0.441. The molecule has 3 N–H and O–H groups in total. The number of nitrogens with two attached hydrogens (primary N) is 1. The molecule has 0 spiro atoms. The van der Waals surface area contributed by atoms with E-state index in [9.17, 15) is 4.39 Å². The number of rotatable bonds is 3. The fourth-order valence-corrected chi connectivity index (χ4v) is 1.70. The second-order valence-corrected chi connectivity index (χ2v) is 4.06. The lowest BCUT2D eigenvalue weighted by atomic mass is 10.2. The number of benzene rings is 2. The molecule has 0 fully saturated rings. The van der Waals surface area contributed by atoms with Gasteiger partial charge in [-0.2, -0.15) is 0 Å². The zero-order valence-electron chi connectivity index (χ0n) is 9.08. The number of anilines is 2.